The number of hydrogen-bond acceptors (Lipinski definition) is 3. The Balaban J connectivity index is 2.28. The average Bonchev–Trinajstić information content (AvgIpc) is 2.94. The van der Waals surface area contributed by atoms with Crippen LogP contribution in [0.1, 0.15) is 25.5 Å². The second-order valence-electron chi connectivity index (χ2n) is 4.66. The molecule has 1 atom stereocenters. The fraction of sp³-hybridized carbons (Fsp3) is 0.333. The minimum Gasteiger partial charge on any atom is -0.480 e. The molecular weight excluding hydrogens is 254 g/mol. The van der Waals surface area contributed by atoms with Crippen molar-refractivity contribution in [3.8, 4) is 0 Å². The lowest BCUT2D eigenvalue weighted by atomic mass is 10.1. The molecule has 5 heteroatoms. The summed E-state index contributed by atoms with van der Waals surface area (Å²) in [5.74, 6) is -0.844. The van der Waals surface area contributed by atoms with Gasteiger partial charge in [-0.25, -0.2) is 0 Å². The number of rotatable bonds is 6. The van der Waals surface area contributed by atoms with Gasteiger partial charge in [0.05, 0.1) is 12.2 Å². The van der Waals surface area contributed by atoms with Crippen LogP contribution in [0.5, 0.6) is 0 Å². The SMILES string of the molecule is CCn1cc(C(C)N(CC(=O)O)c2ccccc2)cn1. The Hall–Kier alpha value is -2.30. The van der Waals surface area contributed by atoms with Crippen molar-refractivity contribution >= 4 is 11.7 Å². The van der Waals surface area contributed by atoms with Crippen molar-refractivity contribution in [2.24, 2.45) is 0 Å². The number of para-hydroxylation sites is 1. The highest BCUT2D eigenvalue weighted by Gasteiger charge is 2.20. The molecule has 20 heavy (non-hydrogen) atoms. The second kappa shape index (κ2) is 6.23. The Morgan fingerprint density at radius 1 is 1.40 bits per heavy atom. The van der Waals surface area contributed by atoms with Crippen molar-refractivity contribution in [3.63, 3.8) is 0 Å². The summed E-state index contributed by atoms with van der Waals surface area (Å²) in [6, 6.07) is 9.53. The third kappa shape index (κ3) is 3.17. The molecule has 2 rings (SSSR count). The van der Waals surface area contributed by atoms with Gasteiger partial charge in [-0.15, -0.1) is 0 Å². The Labute approximate surface area is 118 Å². The quantitative estimate of drug-likeness (QED) is 0.878. The van der Waals surface area contributed by atoms with Crippen LogP contribution in [-0.2, 0) is 11.3 Å². The number of aromatic nitrogens is 2. The number of carboxylic acids is 1. The summed E-state index contributed by atoms with van der Waals surface area (Å²) in [6.07, 6.45) is 3.76. The minimum absolute atomic E-state index is 0.0392. The Kier molecular flexibility index (Phi) is 4.40. The number of aryl methyl sites for hydroxylation is 1. The van der Waals surface area contributed by atoms with E-state index in [2.05, 4.69) is 5.10 Å². The zero-order chi connectivity index (χ0) is 14.5. The number of hydrogen-bond donors (Lipinski definition) is 1. The molecule has 0 saturated carbocycles. The lowest BCUT2D eigenvalue weighted by Crippen LogP contribution is -2.32. The summed E-state index contributed by atoms with van der Waals surface area (Å²) in [4.78, 5) is 13.0. The zero-order valence-electron chi connectivity index (χ0n) is 11.7. The normalized spacial score (nSPS) is 12.1. The van der Waals surface area contributed by atoms with Gasteiger partial charge >= 0.3 is 5.97 Å². The Morgan fingerprint density at radius 3 is 2.65 bits per heavy atom. The molecule has 0 amide bonds. The monoisotopic (exact) mass is 273 g/mol. The van der Waals surface area contributed by atoms with Crippen LogP contribution in [0, 0.1) is 0 Å². The third-order valence-corrected chi connectivity index (χ3v) is 3.32. The van der Waals surface area contributed by atoms with Crippen molar-refractivity contribution in [2.75, 3.05) is 11.4 Å². The fourth-order valence-corrected chi connectivity index (χ4v) is 2.17. The summed E-state index contributed by atoms with van der Waals surface area (Å²) in [5, 5.41) is 13.4. The molecule has 1 unspecified atom stereocenters. The van der Waals surface area contributed by atoms with Crippen molar-refractivity contribution in [2.45, 2.75) is 26.4 Å². The molecule has 0 spiro atoms. The number of carboxylic acid groups (broad SMARTS) is 1. The topological polar surface area (TPSA) is 58.4 Å². The number of carbonyl (C=O) groups is 1. The largest absolute Gasteiger partial charge is 0.480 e. The first-order valence-electron chi connectivity index (χ1n) is 6.67. The lowest BCUT2D eigenvalue weighted by molar-refractivity contribution is -0.135. The van der Waals surface area contributed by atoms with E-state index in [9.17, 15) is 4.79 Å². The van der Waals surface area contributed by atoms with Gasteiger partial charge in [0.2, 0.25) is 0 Å². The van der Waals surface area contributed by atoms with E-state index < -0.39 is 5.97 Å². The zero-order valence-corrected chi connectivity index (χ0v) is 11.7. The fourth-order valence-electron chi connectivity index (χ4n) is 2.17. The van der Waals surface area contributed by atoms with Crippen LogP contribution in [0.15, 0.2) is 42.7 Å². The molecule has 1 N–H and O–H groups in total. The number of benzene rings is 1. The third-order valence-electron chi connectivity index (χ3n) is 3.32. The van der Waals surface area contributed by atoms with Gasteiger partial charge in [-0.1, -0.05) is 18.2 Å². The molecular formula is C15H19N3O2. The molecule has 106 valence electrons. The van der Waals surface area contributed by atoms with Gasteiger partial charge in [0.15, 0.2) is 0 Å². The first-order chi connectivity index (χ1) is 9.61. The highest BCUT2D eigenvalue weighted by molar-refractivity contribution is 5.74. The van der Waals surface area contributed by atoms with Gasteiger partial charge < -0.3 is 10.0 Å². The van der Waals surface area contributed by atoms with Crippen LogP contribution >= 0.6 is 0 Å². The van der Waals surface area contributed by atoms with E-state index in [0.29, 0.717) is 0 Å². The molecule has 1 aromatic carbocycles. The van der Waals surface area contributed by atoms with Crippen molar-refractivity contribution in [1.29, 1.82) is 0 Å². The van der Waals surface area contributed by atoms with Gasteiger partial charge in [0, 0.05) is 24.0 Å². The summed E-state index contributed by atoms with van der Waals surface area (Å²) < 4.78 is 1.84. The number of anilines is 1. The first kappa shape index (κ1) is 14.1. The van der Waals surface area contributed by atoms with Gasteiger partial charge in [0.1, 0.15) is 6.54 Å². The Bertz CT molecular complexity index is 566. The van der Waals surface area contributed by atoms with E-state index in [1.165, 1.54) is 0 Å². The number of aliphatic carboxylic acids is 1. The summed E-state index contributed by atoms with van der Waals surface area (Å²) in [6.45, 7) is 4.78. The second-order valence-corrected chi connectivity index (χ2v) is 4.66. The molecule has 1 aromatic heterocycles. The van der Waals surface area contributed by atoms with E-state index in [1.807, 2.05) is 60.0 Å². The molecule has 1 heterocycles. The van der Waals surface area contributed by atoms with Gasteiger partial charge in [0.25, 0.3) is 0 Å². The smallest absolute Gasteiger partial charge is 0.323 e. The van der Waals surface area contributed by atoms with Crippen LogP contribution in [-0.4, -0.2) is 27.4 Å². The van der Waals surface area contributed by atoms with E-state index in [-0.39, 0.29) is 12.6 Å². The van der Waals surface area contributed by atoms with E-state index in [1.54, 1.807) is 6.20 Å². The summed E-state index contributed by atoms with van der Waals surface area (Å²) >= 11 is 0. The molecule has 0 aliphatic carbocycles. The highest BCUT2D eigenvalue weighted by Crippen LogP contribution is 2.26. The van der Waals surface area contributed by atoms with Crippen LogP contribution in [0.2, 0.25) is 0 Å². The molecule has 0 bridgehead atoms. The lowest BCUT2D eigenvalue weighted by Gasteiger charge is -2.29. The maximum Gasteiger partial charge on any atom is 0.323 e. The molecule has 0 radical (unpaired) electrons. The van der Waals surface area contributed by atoms with Gasteiger partial charge in [-0.3, -0.25) is 9.48 Å². The maximum atomic E-state index is 11.1. The first-order valence-corrected chi connectivity index (χ1v) is 6.67. The van der Waals surface area contributed by atoms with Crippen LogP contribution in [0.3, 0.4) is 0 Å². The predicted octanol–water partition coefficient (Wildman–Crippen LogP) is 2.56. The summed E-state index contributed by atoms with van der Waals surface area (Å²) in [5.41, 5.74) is 1.91. The Morgan fingerprint density at radius 2 is 2.10 bits per heavy atom. The van der Waals surface area contributed by atoms with E-state index in [0.717, 1.165) is 17.8 Å². The van der Waals surface area contributed by atoms with Gasteiger partial charge in [-0.05, 0) is 26.0 Å². The van der Waals surface area contributed by atoms with Gasteiger partial charge in [-0.2, -0.15) is 5.10 Å². The summed E-state index contributed by atoms with van der Waals surface area (Å²) in [7, 11) is 0. The van der Waals surface area contributed by atoms with Crippen molar-refractivity contribution < 1.29 is 9.90 Å². The molecule has 0 saturated heterocycles. The van der Waals surface area contributed by atoms with E-state index >= 15 is 0 Å². The van der Waals surface area contributed by atoms with E-state index in [4.69, 9.17) is 5.11 Å². The van der Waals surface area contributed by atoms with Crippen LogP contribution < -0.4 is 4.90 Å². The highest BCUT2D eigenvalue weighted by atomic mass is 16.4. The maximum absolute atomic E-state index is 11.1. The standard InChI is InChI=1S/C15H19N3O2/c1-3-17-10-13(9-16-17)12(2)18(11-15(19)20)14-7-5-4-6-8-14/h4-10,12H,3,11H2,1-2H3,(H,19,20). The number of nitrogens with zero attached hydrogens (tertiary/aromatic N) is 3. The molecule has 0 aliphatic rings. The van der Waals surface area contributed by atoms with Crippen molar-refractivity contribution in [3.05, 3.63) is 48.3 Å². The molecule has 5 nitrogen and oxygen atoms in total. The molecule has 2 aromatic rings. The average molecular weight is 273 g/mol. The molecule has 0 fully saturated rings. The molecule has 0 aliphatic heterocycles. The predicted molar refractivity (Wildman–Crippen MR) is 77.7 cm³/mol. The minimum atomic E-state index is -0.844. The van der Waals surface area contributed by atoms with Crippen LogP contribution in [0.4, 0.5) is 5.69 Å². The van der Waals surface area contributed by atoms with Crippen LogP contribution in [0.25, 0.3) is 0 Å². The van der Waals surface area contributed by atoms with Crippen molar-refractivity contribution in [1.82, 2.24) is 9.78 Å².